The number of halogens is 1. The quantitative estimate of drug-likeness (QED) is 0.630. The van der Waals surface area contributed by atoms with Gasteiger partial charge in [-0.15, -0.1) is 11.3 Å². The molecule has 1 aromatic heterocycles. The molecule has 1 spiro atoms. The van der Waals surface area contributed by atoms with E-state index in [0.29, 0.717) is 17.0 Å². The highest BCUT2D eigenvalue weighted by Gasteiger charge is 2.71. The Balaban J connectivity index is 1.71. The van der Waals surface area contributed by atoms with E-state index in [0.717, 1.165) is 21.8 Å². The standard InChI is InChI=1S/C20H12ClN3OS/c21-15-3-1-2-13(9-15)17-16-8-12(11-22)4-5-14(16)10-20(17)18(25)24(20)19-23-6-7-26-19/h1-9,17H,10H2/t17-,20-,24?/m0/s1. The van der Waals surface area contributed by atoms with Crippen molar-refractivity contribution in [3.8, 4) is 6.07 Å². The van der Waals surface area contributed by atoms with Crippen molar-refractivity contribution < 1.29 is 4.79 Å². The first-order chi connectivity index (χ1) is 12.6. The van der Waals surface area contributed by atoms with Gasteiger partial charge in [-0.3, -0.25) is 9.69 Å². The van der Waals surface area contributed by atoms with Crippen LogP contribution < -0.4 is 4.90 Å². The minimum absolute atomic E-state index is 0.0760. The Morgan fingerprint density at radius 1 is 1.31 bits per heavy atom. The fourth-order valence-corrected chi connectivity index (χ4v) is 5.06. The van der Waals surface area contributed by atoms with Crippen molar-refractivity contribution in [2.24, 2.45) is 0 Å². The summed E-state index contributed by atoms with van der Waals surface area (Å²) in [4.78, 5) is 19.2. The van der Waals surface area contributed by atoms with E-state index in [4.69, 9.17) is 11.6 Å². The summed E-state index contributed by atoms with van der Waals surface area (Å²) in [6.07, 6.45) is 2.33. The van der Waals surface area contributed by atoms with Gasteiger partial charge in [-0.05, 0) is 41.0 Å². The van der Waals surface area contributed by atoms with Gasteiger partial charge >= 0.3 is 0 Å². The van der Waals surface area contributed by atoms with Gasteiger partial charge in [0.05, 0.1) is 11.6 Å². The number of anilines is 1. The third-order valence-corrected chi connectivity index (χ3v) is 6.23. The molecule has 4 nitrogen and oxygen atoms in total. The van der Waals surface area contributed by atoms with Crippen LogP contribution >= 0.6 is 22.9 Å². The third-order valence-electron chi connectivity index (χ3n) is 5.24. The van der Waals surface area contributed by atoms with Crippen molar-refractivity contribution in [2.45, 2.75) is 17.9 Å². The van der Waals surface area contributed by atoms with Gasteiger partial charge in [0.15, 0.2) is 5.13 Å². The average molecular weight is 378 g/mol. The van der Waals surface area contributed by atoms with Gasteiger partial charge in [-0.1, -0.05) is 29.8 Å². The molecule has 0 unspecified atom stereocenters. The second-order valence-electron chi connectivity index (χ2n) is 6.57. The van der Waals surface area contributed by atoms with E-state index in [9.17, 15) is 10.1 Å². The Morgan fingerprint density at radius 3 is 2.92 bits per heavy atom. The fraction of sp³-hybridized carbons (Fsp3) is 0.150. The molecule has 3 aromatic rings. The molecule has 1 aliphatic heterocycles. The Morgan fingerprint density at radius 2 is 2.19 bits per heavy atom. The zero-order valence-corrected chi connectivity index (χ0v) is 15.1. The maximum atomic E-state index is 13.0. The molecule has 1 fully saturated rings. The minimum Gasteiger partial charge on any atom is -0.272 e. The smallest absolute Gasteiger partial charge is 0.257 e. The lowest BCUT2D eigenvalue weighted by Gasteiger charge is -2.19. The maximum Gasteiger partial charge on any atom is 0.257 e. The summed E-state index contributed by atoms with van der Waals surface area (Å²) in [7, 11) is 0. The zero-order chi connectivity index (χ0) is 17.9. The molecule has 126 valence electrons. The molecule has 2 aliphatic rings. The number of amides is 1. The first kappa shape index (κ1) is 15.6. The summed E-state index contributed by atoms with van der Waals surface area (Å²) < 4.78 is 0. The molecule has 2 heterocycles. The van der Waals surface area contributed by atoms with Crippen LogP contribution in [-0.4, -0.2) is 16.4 Å². The number of nitriles is 1. The molecule has 0 saturated carbocycles. The third kappa shape index (κ3) is 2.00. The van der Waals surface area contributed by atoms with Gasteiger partial charge in [0, 0.05) is 28.9 Å². The summed E-state index contributed by atoms with van der Waals surface area (Å²) in [5, 5.41) is 12.5. The van der Waals surface area contributed by atoms with E-state index in [1.165, 1.54) is 11.3 Å². The van der Waals surface area contributed by atoms with E-state index in [2.05, 4.69) is 11.1 Å². The number of aromatic nitrogens is 1. The van der Waals surface area contributed by atoms with Crippen molar-refractivity contribution in [1.82, 2.24) is 4.98 Å². The Labute approximate surface area is 159 Å². The van der Waals surface area contributed by atoms with Gasteiger partial charge in [-0.25, -0.2) is 4.98 Å². The molecule has 0 radical (unpaired) electrons. The van der Waals surface area contributed by atoms with Gasteiger partial charge in [0.1, 0.15) is 5.54 Å². The van der Waals surface area contributed by atoms with Crippen LogP contribution in [0.15, 0.2) is 54.0 Å². The van der Waals surface area contributed by atoms with Crippen molar-refractivity contribution >= 4 is 34.0 Å². The molecule has 0 bridgehead atoms. The normalized spacial score (nSPS) is 23.2. The topological polar surface area (TPSA) is 56.8 Å². The summed E-state index contributed by atoms with van der Waals surface area (Å²) in [5.41, 5.74) is 3.04. The fourth-order valence-electron chi connectivity index (χ4n) is 4.15. The summed E-state index contributed by atoms with van der Waals surface area (Å²) in [5.74, 6) is -0.0898. The van der Waals surface area contributed by atoms with Gasteiger partial charge in [0.2, 0.25) is 0 Å². The molecular formula is C20H12ClN3OS. The SMILES string of the molecule is N#Cc1ccc2c(c1)[C@H](c1cccc(Cl)c1)[C@@]1(C2)C(=O)N1c1nccs1. The first-order valence-corrected chi connectivity index (χ1v) is 9.43. The average Bonchev–Trinajstić information content (AvgIpc) is 3.04. The van der Waals surface area contributed by atoms with Crippen LogP contribution in [0.2, 0.25) is 5.02 Å². The highest BCUT2D eigenvalue weighted by atomic mass is 35.5. The second-order valence-corrected chi connectivity index (χ2v) is 7.88. The Kier molecular flexibility index (Phi) is 3.24. The number of rotatable bonds is 2. The predicted octanol–water partition coefficient (Wildman–Crippen LogP) is 4.14. The number of benzene rings is 2. The van der Waals surface area contributed by atoms with Crippen molar-refractivity contribution in [3.05, 3.63) is 81.3 Å². The van der Waals surface area contributed by atoms with Crippen LogP contribution in [0.1, 0.15) is 28.2 Å². The van der Waals surface area contributed by atoms with E-state index in [1.807, 2.05) is 47.8 Å². The van der Waals surface area contributed by atoms with Crippen LogP contribution in [0.4, 0.5) is 5.13 Å². The maximum absolute atomic E-state index is 13.0. The van der Waals surface area contributed by atoms with Gasteiger partial charge in [0.25, 0.3) is 5.91 Å². The minimum atomic E-state index is -0.668. The van der Waals surface area contributed by atoms with Crippen LogP contribution in [0.5, 0.6) is 0 Å². The number of carbonyl (C=O) groups excluding carboxylic acids is 1. The Hall–Kier alpha value is -2.68. The number of thiazole rings is 1. The number of hydrogen-bond donors (Lipinski definition) is 0. The molecule has 26 heavy (non-hydrogen) atoms. The molecule has 0 N–H and O–H groups in total. The first-order valence-electron chi connectivity index (χ1n) is 8.18. The summed E-state index contributed by atoms with van der Waals surface area (Å²) in [6.45, 7) is 0. The van der Waals surface area contributed by atoms with Crippen molar-refractivity contribution in [1.29, 1.82) is 5.26 Å². The molecule has 2 atom stereocenters. The number of nitrogens with zero attached hydrogens (tertiary/aromatic N) is 3. The van der Waals surface area contributed by atoms with Crippen molar-refractivity contribution in [2.75, 3.05) is 4.90 Å². The van der Waals surface area contributed by atoms with E-state index < -0.39 is 5.54 Å². The number of carbonyl (C=O) groups is 1. The molecular weight excluding hydrogens is 366 g/mol. The highest BCUT2D eigenvalue weighted by Crippen LogP contribution is 2.59. The molecule has 1 aliphatic carbocycles. The number of hydrogen-bond acceptors (Lipinski definition) is 4. The lowest BCUT2D eigenvalue weighted by Crippen LogP contribution is -2.25. The van der Waals surface area contributed by atoms with Gasteiger partial charge in [-0.2, -0.15) is 5.26 Å². The molecule has 1 amide bonds. The Bertz CT molecular complexity index is 1090. The van der Waals surface area contributed by atoms with E-state index in [1.54, 1.807) is 11.1 Å². The van der Waals surface area contributed by atoms with Gasteiger partial charge < -0.3 is 0 Å². The van der Waals surface area contributed by atoms with Crippen LogP contribution in [0, 0.1) is 11.3 Å². The molecule has 1 saturated heterocycles. The summed E-state index contributed by atoms with van der Waals surface area (Å²) in [6, 6.07) is 15.5. The molecule has 2 aromatic carbocycles. The molecule has 6 heteroatoms. The van der Waals surface area contributed by atoms with Crippen LogP contribution in [0.3, 0.4) is 0 Å². The van der Waals surface area contributed by atoms with Crippen molar-refractivity contribution in [3.63, 3.8) is 0 Å². The molecule has 5 rings (SSSR count). The van der Waals surface area contributed by atoms with Crippen LogP contribution in [0.25, 0.3) is 0 Å². The lowest BCUT2D eigenvalue weighted by molar-refractivity contribution is -0.111. The number of fused-ring (bicyclic) bond motifs is 1. The second kappa shape index (κ2) is 5.41. The van der Waals surface area contributed by atoms with E-state index >= 15 is 0 Å². The highest BCUT2D eigenvalue weighted by molar-refractivity contribution is 7.14. The predicted molar refractivity (Wildman–Crippen MR) is 100 cm³/mol. The lowest BCUT2D eigenvalue weighted by atomic mass is 9.85. The summed E-state index contributed by atoms with van der Waals surface area (Å²) >= 11 is 7.69. The largest absolute Gasteiger partial charge is 0.272 e. The van der Waals surface area contributed by atoms with E-state index in [-0.39, 0.29) is 11.8 Å². The zero-order valence-electron chi connectivity index (χ0n) is 13.5. The van der Waals surface area contributed by atoms with Crippen LogP contribution in [-0.2, 0) is 11.2 Å². The monoisotopic (exact) mass is 377 g/mol.